The van der Waals surface area contributed by atoms with Crippen LogP contribution in [-0.4, -0.2) is 25.2 Å². The highest BCUT2D eigenvalue weighted by atomic mass is 16.5. The van der Waals surface area contributed by atoms with Crippen LogP contribution in [0.5, 0.6) is 11.6 Å². The largest absolute Gasteiger partial charge is 0.497 e. The summed E-state index contributed by atoms with van der Waals surface area (Å²) in [6.45, 7) is 5.49. The van der Waals surface area contributed by atoms with E-state index in [1.54, 1.807) is 7.11 Å². The summed E-state index contributed by atoms with van der Waals surface area (Å²) < 4.78 is 11.0. The van der Waals surface area contributed by atoms with E-state index in [1.165, 1.54) is 0 Å². The summed E-state index contributed by atoms with van der Waals surface area (Å²) in [4.78, 5) is 6.91. The number of ether oxygens (including phenoxy) is 2. The molecule has 4 heteroatoms. The predicted molar refractivity (Wildman–Crippen MR) is 98.6 cm³/mol. The lowest BCUT2D eigenvalue weighted by atomic mass is 10.1. The fourth-order valence-electron chi connectivity index (χ4n) is 2.78. The summed E-state index contributed by atoms with van der Waals surface area (Å²) >= 11 is 0. The molecule has 24 heavy (non-hydrogen) atoms. The maximum Gasteiger partial charge on any atom is 0.223 e. The minimum Gasteiger partial charge on any atom is -0.497 e. The van der Waals surface area contributed by atoms with E-state index in [-0.39, 0.29) is 0 Å². The van der Waals surface area contributed by atoms with Crippen molar-refractivity contribution in [2.24, 2.45) is 0 Å². The molecule has 0 saturated carbocycles. The number of aromatic nitrogens is 1. The van der Waals surface area contributed by atoms with Gasteiger partial charge in [-0.2, -0.15) is 4.98 Å². The van der Waals surface area contributed by atoms with Crippen LogP contribution in [0.25, 0.3) is 10.8 Å². The molecule has 2 aromatic carbocycles. The minimum atomic E-state index is 0.592. The van der Waals surface area contributed by atoms with Crippen LogP contribution in [0.1, 0.15) is 13.8 Å². The second kappa shape index (κ2) is 7.21. The highest BCUT2D eigenvalue weighted by molar-refractivity contribution is 5.89. The van der Waals surface area contributed by atoms with Crippen LogP contribution in [-0.2, 0) is 0 Å². The quantitative estimate of drug-likeness (QED) is 0.653. The van der Waals surface area contributed by atoms with Crippen molar-refractivity contribution in [3.63, 3.8) is 0 Å². The zero-order valence-electron chi connectivity index (χ0n) is 14.3. The Morgan fingerprint density at radius 1 is 1.00 bits per heavy atom. The zero-order chi connectivity index (χ0) is 16.9. The Balaban J connectivity index is 2.07. The Labute approximate surface area is 142 Å². The molecule has 4 nitrogen and oxygen atoms in total. The molecule has 124 valence electrons. The van der Waals surface area contributed by atoms with Crippen molar-refractivity contribution in [3.05, 3.63) is 54.6 Å². The number of rotatable bonds is 6. The number of pyridine rings is 1. The minimum absolute atomic E-state index is 0.592. The SMILES string of the molecule is CCOc1nc(N(CC)c2ccc(OC)cc2)cc2ccccc12. The first kappa shape index (κ1) is 16.1. The molecule has 0 fully saturated rings. The van der Waals surface area contributed by atoms with E-state index in [1.807, 2.05) is 49.4 Å². The van der Waals surface area contributed by atoms with Gasteiger partial charge >= 0.3 is 0 Å². The number of anilines is 2. The summed E-state index contributed by atoms with van der Waals surface area (Å²) in [7, 11) is 1.67. The molecule has 3 aromatic rings. The van der Waals surface area contributed by atoms with E-state index in [4.69, 9.17) is 14.5 Å². The van der Waals surface area contributed by atoms with Gasteiger partial charge in [-0.1, -0.05) is 18.2 Å². The molecule has 0 N–H and O–H groups in total. The third-order valence-electron chi connectivity index (χ3n) is 3.95. The van der Waals surface area contributed by atoms with E-state index >= 15 is 0 Å². The molecule has 1 aromatic heterocycles. The number of hydrogen-bond acceptors (Lipinski definition) is 4. The normalized spacial score (nSPS) is 10.6. The number of hydrogen-bond donors (Lipinski definition) is 0. The number of fused-ring (bicyclic) bond motifs is 1. The molecule has 0 aliphatic rings. The first-order chi connectivity index (χ1) is 11.8. The first-order valence-electron chi connectivity index (χ1n) is 8.21. The Morgan fingerprint density at radius 2 is 1.75 bits per heavy atom. The molecule has 3 rings (SSSR count). The molecule has 0 bridgehead atoms. The van der Waals surface area contributed by atoms with Gasteiger partial charge in [-0.3, -0.25) is 0 Å². The summed E-state index contributed by atoms with van der Waals surface area (Å²) in [5.74, 6) is 2.40. The highest BCUT2D eigenvalue weighted by Gasteiger charge is 2.13. The molecule has 0 saturated heterocycles. The van der Waals surface area contributed by atoms with Crippen LogP contribution in [0.15, 0.2) is 54.6 Å². The summed E-state index contributed by atoms with van der Waals surface area (Å²) in [6, 6.07) is 18.3. The second-order valence-corrected chi connectivity index (χ2v) is 5.38. The molecular weight excluding hydrogens is 300 g/mol. The second-order valence-electron chi connectivity index (χ2n) is 5.38. The standard InChI is InChI=1S/C20H22N2O2/c1-4-22(16-10-12-17(23-3)13-11-16)19-14-15-8-6-7-9-18(15)20(21-19)24-5-2/h6-14H,4-5H2,1-3H3. The van der Waals surface area contributed by atoms with Gasteiger partial charge in [0.25, 0.3) is 0 Å². The predicted octanol–water partition coefficient (Wildman–Crippen LogP) is 4.80. The monoisotopic (exact) mass is 322 g/mol. The van der Waals surface area contributed by atoms with E-state index in [0.717, 1.165) is 34.6 Å². The Morgan fingerprint density at radius 3 is 2.42 bits per heavy atom. The van der Waals surface area contributed by atoms with Crippen molar-refractivity contribution in [1.82, 2.24) is 4.98 Å². The van der Waals surface area contributed by atoms with Crippen molar-refractivity contribution >= 4 is 22.3 Å². The van der Waals surface area contributed by atoms with Crippen LogP contribution >= 0.6 is 0 Å². The summed E-state index contributed by atoms with van der Waals surface area (Å²) in [5, 5.41) is 2.16. The highest BCUT2D eigenvalue weighted by Crippen LogP contribution is 2.32. The van der Waals surface area contributed by atoms with Crippen molar-refractivity contribution < 1.29 is 9.47 Å². The van der Waals surface area contributed by atoms with Crippen LogP contribution in [0.2, 0.25) is 0 Å². The van der Waals surface area contributed by atoms with E-state index in [2.05, 4.69) is 24.0 Å². The number of benzene rings is 2. The van der Waals surface area contributed by atoms with Crippen LogP contribution in [0.3, 0.4) is 0 Å². The average molecular weight is 322 g/mol. The average Bonchev–Trinajstić information content (AvgIpc) is 2.63. The van der Waals surface area contributed by atoms with Crippen molar-refractivity contribution in [1.29, 1.82) is 0 Å². The lowest BCUT2D eigenvalue weighted by Gasteiger charge is -2.23. The van der Waals surface area contributed by atoms with Gasteiger partial charge in [-0.05, 0) is 55.6 Å². The Kier molecular flexibility index (Phi) is 4.85. The first-order valence-corrected chi connectivity index (χ1v) is 8.21. The Hall–Kier alpha value is -2.75. The molecule has 1 heterocycles. The molecule has 0 amide bonds. The lowest BCUT2D eigenvalue weighted by Crippen LogP contribution is -2.17. The van der Waals surface area contributed by atoms with Gasteiger partial charge in [0.05, 0.1) is 13.7 Å². The number of nitrogens with zero attached hydrogens (tertiary/aromatic N) is 2. The van der Waals surface area contributed by atoms with Gasteiger partial charge in [-0.25, -0.2) is 0 Å². The van der Waals surface area contributed by atoms with Gasteiger partial charge in [0, 0.05) is 17.6 Å². The molecule has 0 atom stereocenters. The fraction of sp³-hybridized carbons (Fsp3) is 0.250. The van der Waals surface area contributed by atoms with Crippen LogP contribution < -0.4 is 14.4 Å². The van der Waals surface area contributed by atoms with E-state index < -0.39 is 0 Å². The number of methoxy groups -OCH3 is 1. The topological polar surface area (TPSA) is 34.6 Å². The lowest BCUT2D eigenvalue weighted by molar-refractivity contribution is 0.331. The molecular formula is C20H22N2O2. The maximum atomic E-state index is 5.77. The van der Waals surface area contributed by atoms with Crippen molar-refractivity contribution in [3.8, 4) is 11.6 Å². The molecule has 0 radical (unpaired) electrons. The fourth-order valence-corrected chi connectivity index (χ4v) is 2.78. The molecule has 0 unspecified atom stereocenters. The van der Waals surface area contributed by atoms with Gasteiger partial charge in [0.1, 0.15) is 11.6 Å². The Bertz CT molecular complexity index is 815. The van der Waals surface area contributed by atoms with Crippen LogP contribution in [0.4, 0.5) is 11.5 Å². The van der Waals surface area contributed by atoms with Crippen molar-refractivity contribution in [2.45, 2.75) is 13.8 Å². The maximum absolute atomic E-state index is 5.77. The third-order valence-corrected chi connectivity index (χ3v) is 3.95. The summed E-state index contributed by atoms with van der Waals surface area (Å²) in [6.07, 6.45) is 0. The zero-order valence-corrected chi connectivity index (χ0v) is 14.3. The molecule has 0 aliphatic heterocycles. The van der Waals surface area contributed by atoms with E-state index in [0.29, 0.717) is 12.5 Å². The van der Waals surface area contributed by atoms with Gasteiger partial charge in [0.15, 0.2) is 0 Å². The van der Waals surface area contributed by atoms with Crippen molar-refractivity contribution in [2.75, 3.05) is 25.2 Å². The van der Waals surface area contributed by atoms with Gasteiger partial charge in [-0.15, -0.1) is 0 Å². The molecule has 0 spiro atoms. The van der Waals surface area contributed by atoms with Crippen LogP contribution in [0, 0.1) is 0 Å². The smallest absolute Gasteiger partial charge is 0.223 e. The van der Waals surface area contributed by atoms with Gasteiger partial charge < -0.3 is 14.4 Å². The summed E-state index contributed by atoms with van der Waals surface area (Å²) in [5.41, 5.74) is 1.07. The molecule has 0 aliphatic carbocycles. The van der Waals surface area contributed by atoms with Gasteiger partial charge in [0.2, 0.25) is 5.88 Å². The van der Waals surface area contributed by atoms with E-state index in [9.17, 15) is 0 Å². The third kappa shape index (κ3) is 3.13.